The minimum atomic E-state index is -1.05. The van der Waals surface area contributed by atoms with Crippen LogP contribution in [-0.2, 0) is 11.8 Å². The fraction of sp³-hybridized carbons (Fsp3) is 0.333. The van der Waals surface area contributed by atoms with Crippen molar-refractivity contribution in [2.45, 2.75) is 20.1 Å². The largest absolute Gasteiger partial charge is 0.364 e. The van der Waals surface area contributed by atoms with Crippen LogP contribution in [0.3, 0.4) is 0 Å². The number of hydrogen-bond donors (Lipinski definition) is 1. The maximum atomic E-state index is 9.94. The highest BCUT2D eigenvalue weighted by Gasteiger charge is 2.18. The van der Waals surface area contributed by atoms with Gasteiger partial charge in [0.2, 0.25) is 0 Å². The van der Waals surface area contributed by atoms with E-state index in [1.54, 1.807) is 16.9 Å². The van der Waals surface area contributed by atoms with Gasteiger partial charge in [-0.25, -0.2) is 0 Å². The summed E-state index contributed by atoms with van der Waals surface area (Å²) in [7, 11) is 3.28. The molecule has 1 aromatic carbocycles. The van der Waals surface area contributed by atoms with Crippen molar-refractivity contribution in [1.29, 1.82) is 5.26 Å². The fourth-order valence-electron chi connectivity index (χ4n) is 2.36. The maximum absolute atomic E-state index is 9.94. The molecule has 0 amide bonds. The van der Waals surface area contributed by atoms with Crippen LogP contribution in [0, 0.1) is 25.2 Å². The molecule has 1 heterocycles. The zero-order valence-corrected chi connectivity index (χ0v) is 12.0. The van der Waals surface area contributed by atoms with E-state index in [1.807, 2.05) is 27.0 Å². The summed E-state index contributed by atoms with van der Waals surface area (Å²) < 4.78 is 6.74. The van der Waals surface area contributed by atoms with Crippen LogP contribution in [-0.4, -0.2) is 22.0 Å². The van der Waals surface area contributed by atoms with E-state index >= 15 is 0 Å². The van der Waals surface area contributed by atoms with Gasteiger partial charge in [0.05, 0.1) is 23.5 Å². The van der Waals surface area contributed by atoms with E-state index in [0.717, 1.165) is 22.4 Å². The van der Waals surface area contributed by atoms with Crippen molar-refractivity contribution in [3.8, 4) is 17.3 Å². The number of hydrogen-bond acceptors (Lipinski definition) is 4. The van der Waals surface area contributed by atoms with E-state index < -0.39 is 6.29 Å². The van der Waals surface area contributed by atoms with Gasteiger partial charge in [0.25, 0.3) is 0 Å². The summed E-state index contributed by atoms with van der Waals surface area (Å²) in [5, 5.41) is 23.3. The average molecular weight is 271 g/mol. The topological polar surface area (TPSA) is 71.1 Å². The normalized spacial score (nSPS) is 12.2. The average Bonchev–Trinajstić information content (AvgIpc) is 2.78. The highest BCUT2D eigenvalue weighted by molar-refractivity contribution is 5.70. The van der Waals surface area contributed by atoms with E-state index in [9.17, 15) is 10.4 Å². The molecule has 1 aromatic heterocycles. The molecule has 0 aliphatic heterocycles. The van der Waals surface area contributed by atoms with Gasteiger partial charge >= 0.3 is 0 Å². The molecule has 1 atom stereocenters. The molecule has 5 heteroatoms. The van der Waals surface area contributed by atoms with Crippen LogP contribution in [0.5, 0.6) is 0 Å². The molecule has 104 valence electrons. The molecule has 20 heavy (non-hydrogen) atoms. The molecule has 0 radical (unpaired) electrons. The summed E-state index contributed by atoms with van der Waals surface area (Å²) in [6, 6.07) is 5.58. The summed E-state index contributed by atoms with van der Waals surface area (Å²) in [6.45, 7) is 3.87. The number of rotatable bonds is 3. The first-order valence-electron chi connectivity index (χ1n) is 6.24. The van der Waals surface area contributed by atoms with Crippen LogP contribution in [0.1, 0.15) is 28.5 Å². The molecule has 2 aromatic rings. The summed E-state index contributed by atoms with van der Waals surface area (Å²) in [6.07, 6.45) is 0.732. The molecule has 0 saturated carbocycles. The molecule has 0 bridgehead atoms. The van der Waals surface area contributed by atoms with Gasteiger partial charge in [0, 0.05) is 25.3 Å². The Bertz CT molecular complexity index is 664. The number of aromatic nitrogens is 2. The van der Waals surface area contributed by atoms with Crippen molar-refractivity contribution in [1.82, 2.24) is 9.78 Å². The molecule has 1 N–H and O–H groups in total. The first-order chi connectivity index (χ1) is 9.49. The van der Waals surface area contributed by atoms with Gasteiger partial charge in [-0.15, -0.1) is 0 Å². The predicted molar refractivity (Wildman–Crippen MR) is 74.8 cm³/mol. The summed E-state index contributed by atoms with van der Waals surface area (Å²) in [5.41, 5.74) is 4.80. The number of aryl methyl sites for hydroxylation is 2. The maximum Gasteiger partial charge on any atom is 0.181 e. The second-order valence-electron chi connectivity index (χ2n) is 4.74. The van der Waals surface area contributed by atoms with Crippen molar-refractivity contribution in [3.63, 3.8) is 0 Å². The van der Waals surface area contributed by atoms with Crippen LogP contribution < -0.4 is 0 Å². The van der Waals surface area contributed by atoms with E-state index in [2.05, 4.69) is 11.2 Å². The van der Waals surface area contributed by atoms with Crippen molar-refractivity contribution < 1.29 is 9.84 Å². The lowest BCUT2D eigenvalue weighted by molar-refractivity contribution is -0.0773. The summed E-state index contributed by atoms with van der Waals surface area (Å²) in [5.74, 6) is 0. The highest BCUT2D eigenvalue weighted by Crippen LogP contribution is 2.32. The zero-order valence-electron chi connectivity index (χ0n) is 12.0. The van der Waals surface area contributed by atoms with Crippen LogP contribution >= 0.6 is 0 Å². The second kappa shape index (κ2) is 5.45. The highest BCUT2D eigenvalue weighted by atomic mass is 16.6. The molecule has 1 unspecified atom stereocenters. The first-order valence-corrected chi connectivity index (χ1v) is 6.24. The Morgan fingerprint density at radius 1 is 1.40 bits per heavy atom. The van der Waals surface area contributed by atoms with Crippen LogP contribution in [0.2, 0.25) is 0 Å². The SMILES string of the molecule is COC(O)c1cc(C#N)cc(-c2c(C)cnn2C)c1C. The van der Waals surface area contributed by atoms with E-state index in [-0.39, 0.29) is 0 Å². The minimum absolute atomic E-state index is 0.484. The molecule has 0 fully saturated rings. The third kappa shape index (κ3) is 2.31. The van der Waals surface area contributed by atoms with E-state index in [1.165, 1.54) is 7.11 Å². The number of benzene rings is 1. The Morgan fingerprint density at radius 3 is 2.60 bits per heavy atom. The van der Waals surface area contributed by atoms with Gasteiger partial charge in [-0.1, -0.05) is 0 Å². The number of ether oxygens (including phenoxy) is 1. The monoisotopic (exact) mass is 271 g/mol. The predicted octanol–water partition coefficient (Wildman–Crippen LogP) is 2.21. The van der Waals surface area contributed by atoms with E-state index in [4.69, 9.17) is 4.74 Å². The van der Waals surface area contributed by atoms with Crippen molar-refractivity contribution in [2.24, 2.45) is 7.05 Å². The molecule has 0 aliphatic rings. The zero-order chi connectivity index (χ0) is 14.9. The molecule has 2 rings (SSSR count). The molecule has 0 saturated heterocycles. The minimum Gasteiger partial charge on any atom is -0.364 e. The van der Waals surface area contributed by atoms with Gasteiger partial charge < -0.3 is 9.84 Å². The molecular formula is C15H17N3O2. The number of aliphatic hydroxyl groups is 1. The van der Waals surface area contributed by atoms with Crippen molar-refractivity contribution in [2.75, 3.05) is 7.11 Å². The molecular weight excluding hydrogens is 254 g/mol. The third-order valence-corrected chi connectivity index (χ3v) is 3.44. The van der Waals surface area contributed by atoms with Crippen LogP contribution in [0.25, 0.3) is 11.3 Å². The van der Waals surface area contributed by atoms with Crippen molar-refractivity contribution >= 4 is 0 Å². The Kier molecular flexibility index (Phi) is 3.89. The summed E-state index contributed by atoms with van der Waals surface area (Å²) in [4.78, 5) is 0. The van der Waals surface area contributed by atoms with Crippen LogP contribution in [0.4, 0.5) is 0 Å². The summed E-state index contributed by atoms with van der Waals surface area (Å²) >= 11 is 0. The molecule has 5 nitrogen and oxygen atoms in total. The lowest BCUT2D eigenvalue weighted by Crippen LogP contribution is -2.05. The Hall–Kier alpha value is -2.16. The molecule has 0 spiro atoms. The number of methoxy groups -OCH3 is 1. The fourth-order valence-corrected chi connectivity index (χ4v) is 2.36. The number of nitriles is 1. The quantitative estimate of drug-likeness (QED) is 0.869. The van der Waals surface area contributed by atoms with Gasteiger partial charge in [-0.3, -0.25) is 4.68 Å². The number of aliphatic hydroxyl groups excluding tert-OH is 1. The second-order valence-corrected chi connectivity index (χ2v) is 4.74. The number of nitrogens with zero attached hydrogens (tertiary/aromatic N) is 3. The lowest BCUT2D eigenvalue weighted by Gasteiger charge is -2.16. The van der Waals surface area contributed by atoms with Gasteiger partial charge in [0.15, 0.2) is 6.29 Å². The van der Waals surface area contributed by atoms with Crippen molar-refractivity contribution in [3.05, 3.63) is 40.6 Å². The van der Waals surface area contributed by atoms with E-state index in [0.29, 0.717) is 11.1 Å². The van der Waals surface area contributed by atoms with Gasteiger partial charge in [0.1, 0.15) is 0 Å². The molecule has 0 aliphatic carbocycles. The first kappa shape index (κ1) is 14.3. The van der Waals surface area contributed by atoms with Crippen LogP contribution in [0.15, 0.2) is 18.3 Å². The standard InChI is InChI=1S/C15H17N3O2/c1-9-8-17-18(3)14(9)12-5-11(7-16)6-13(10(12)2)15(19)20-4/h5-6,8,15,19H,1-4H3. The third-order valence-electron chi connectivity index (χ3n) is 3.44. The Labute approximate surface area is 118 Å². The van der Waals surface area contributed by atoms with Gasteiger partial charge in [-0.05, 0) is 37.1 Å². The lowest BCUT2D eigenvalue weighted by atomic mass is 9.95. The Balaban J connectivity index is 2.74. The Morgan fingerprint density at radius 2 is 2.10 bits per heavy atom. The van der Waals surface area contributed by atoms with Gasteiger partial charge in [-0.2, -0.15) is 10.4 Å². The smallest absolute Gasteiger partial charge is 0.181 e.